The Hall–Kier alpha value is -2.89. The third-order valence-corrected chi connectivity index (χ3v) is 4.54. The molecule has 146 valence electrons. The van der Waals surface area contributed by atoms with Gasteiger partial charge in [-0.2, -0.15) is 13.2 Å². The van der Waals surface area contributed by atoms with Crippen LogP contribution in [-0.4, -0.2) is 37.5 Å². The molecule has 0 bridgehead atoms. The van der Waals surface area contributed by atoms with Crippen LogP contribution in [0.4, 0.5) is 23.9 Å². The number of nitrogens with zero attached hydrogens (tertiary/aromatic N) is 2. The van der Waals surface area contributed by atoms with Gasteiger partial charge in [-0.3, -0.25) is 0 Å². The summed E-state index contributed by atoms with van der Waals surface area (Å²) in [6.45, 7) is 1.70. The molecule has 2 aromatic rings. The molecule has 0 spiro atoms. The summed E-state index contributed by atoms with van der Waals surface area (Å²) >= 11 is 0. The molecule has 2 rings (SSSR count). The lowest BCUT2D eigenvalue weighted by molar-refractivity contribution is -0.141. The number of aromatic nitrogens is 2. The van der Waals surface area contributed by atoms with Gasteiger partial charge in [-0.1, -0.05) is 17.7 Å². The molecule has 1 aromatic carbocycles. The van der Waals surface area contributed by atoms with E-state index in [0.717, 1.165) is 17.8 Å². The summed E-state index contributed by atoms with van der Waals surface area (Å²) in [5, 5.41) is 4.76. The van der Waals surface area contributed by atoms with Gasteiger partial charge in [-0.15, -0.1) is 0 Å². The van der Waals surface area contributed by atoms with Crippen molar-refractivity contribution in [2.24, 2.45) is 0 Å². The first-order valence-electron chi connectivity index (χ1n) is 7.59. The summed E-state index contributed by atoms with van der Waals surface area (Å²) < 4.78 is 63.5. The van der Waals surface area contributed by atoms with E-state index in [0.29, 0.717) is 0 Å². The lowest BCUT2D eigenvalue weighted by Crippen LogP contribution is -2.41. The molecular formula is C15H16F3N5O3S. The van der Waals surface area contributed by atoms with Crippen LogP contribution in [-0.2, 0) is 16.2 Å². The number of carbonyl (C=O) groups is 1. The van der Waals surface area contributed by atoms with E-state index in [4.69, 9.17) is 0 Å². The molecule has 0 atom stereocenters. The van der Waals surface area contributed by atoms with Crippen LogP contribution >= 0.6 is 0 Å². The maximum atomic E-state index is 12.5. The van der Waals surface area contributed by atoms with E-state index in [9.17, 15) is 26.4 Å². The van der Waals surface area contributed by atoms with Crippen molar-refractivity contribution >= 4 is 22.0 Å². The second kappa shape index (κ2) is 8.20. The first-order chi connectivity index (χ1) is 12.6. The molecule has 1 heterocycles. The standard InChI is InChI=1S/C15H16F3N5O3S/c1-10-2-4-11(5-3-10)27(25,26)23-14(24)21-9-8-20-13-19-7-6-12(22-13)15(16,17)18/h2-7H,8-9H2,1H3,(H,19,20,22)(H2,21,23,24). The summed E-state index contributed by atoms with van der Waals surface area (Å²) in [6, 6.07) is 5.65. The van der Waals surface area contributed by atoms with Crippen LogP contribution in [0.1, 0.15) is 11.3 Å². The number of rotatable bonds is 6. The number of urea groups is 1. The van der Waals surface area contributed by atoms with Crippen molar-refractivity contribution < 1.29 is 26.4 Å². The first kappa shape index (κ1) is 20.4. The van der Waals surface area contributed by atoms with E-state index in [2.05, 4.69) is 20.6 Å². The van der Waals surface area contributed by atoms with Gasteiger partial charge in [-0.05, 0) is 25.1 Å². The minimum atomic E-state index is -4.60. The first-order valence-corrected chi connectivity index (χ1v) is 9.08. The molecule has 0 saturated heterocycles. The van der Waals surface area contributed by atoms with E-state index >= 15 is 0 Å². The highest BCUT2D eigenvalue weighted by atomic mass is 32.2. The monoisotopic (exact) mass is 403 g/mol. The van der Waals surface area contributed by atoms with Crippen LogP contribution in [0.15, 0.2) is 41.4 Å². The fourth-order valence-electron chi connectivity index (χ4n) is 1.89. The zero-order valence-electron chi connectivity index (χ0n) is 14.0. The highest BCUT2D eigenvalue weighted by molar-refractivity contribution is 7.90. The Morgan fingerprint density at radius 2 is 1.78 bits per heavy atom. The van der Waals surface area contributed by atoms with Crippen molar-refractivity contribution in [3.63, 3.8) is 0 Å². The third kappa shape index (κ3) is 6.09. The van der Waals surface area contributed by atoms with Crippen molar-refractivity contribution in [3.05, 3.63) is 47.8 Å². The van der Waals surface area contributed by atoms with Gasteiger partial charge < -0.3 is 10.6 Å². The molecular weight excluding hydrogens is 387 g/mol. The maximum Gasteiger partial charge on any atom is 0.433 e. The van der Waals surface area contributed by atoms with Crippen molar-refractivity contribution in [2.45, 2.75) is 18.0 Å². The lowest BCUT2D eigenvalue weighted by Gasteiger charge is -2.10. The normalized spacial score (nSPS) is 11.7. The van der Waals surface area contributed by atoms with Gasteiger partial charge in [0.1, 0.15) is 5.69 Å². The summed E-state index contributed by atoms with van der Waals surface area (Å²) in [5.41, 5.74) is -0.240. The minimum Gasteiger partial charge on any atom is -0.352 e. The second-order valence-electron chi connectivity index (χ2n) is 5.36. The number of hydrogen-bond donors (Lipinski definition) is 3. The number of nitrogens with one attached hydrogen (secondary N) is 3. The number of hydrogen-bond acceptors (Lipinski definition) is 6. The number of carbonyl (C=O) groups excluding carboxylic acids is 1. The lowest BCUT2D eigenvalue weighted by atomic mass is 10.2. The quantitative estimate of drug-likeness (QED) is 0.635. The molecule has 2 amide bonds. The minimum absolute atomic E-state index is 0.0146. The maximum absolute atomic E-state index is 12.5. The largest absolute Gasteiger partial charge is 0.433 e. The third-order valence-electron chi connectivity index (χ3n) is 3.20. The molecule has 0 unspecified atom stereocenters. The second-order valence-corrected chi connectivity index (χ2v) is 7.05. The predicted octanol–water partition coefficient (Wildman–Crippen LogP) is 1.90. The number of sulfonamides is 1. The Bertz CT molecular complexity index is 902. The van der Waals surface area contributed by atoms with Crippen LogP contribution in [0.25, 0.3) is 0 Å². The van der Waals surface area contributed by atoms with Crippen LogP contribution in [0.5, 0.6) is 0 Å². The summed E-state index contributed by atoms with van der Waals surface area (Å²) in [6.07, 6.45) is -3.64. The van der Waals surface area contributed by atoms with Crippen LogP contribution in [0, 0.1) is 6.92 Å². The zero-order chi connectivity index (χ0) is 20.1. The zero-order valence-corrected chi connectivity index (χ0v) is 14.9. The van der Waals surface area contributed by atoms with Gasteiger partial charge in [-0.25, -0.2) is 27.9 Å². The van der Waals surface area contributed by atoms with Crippen LogP contribution < -0.4 is 15.4 Å². The summed E-state index contributed by atoms with van der Waals surface area (Å²) in [5.74, 6) is -0.265. The van der Waals surface area contributed by atoms with E-state index in [-0.39, 0.29) is 23.9 Å². The van der Waals surface area contributed by atoms with Crippen molar-refractivity contribution in [1.29, 1.82) is 0 Å². The molecule has 3 N–H and O–H groups in total. The van der Waals surface area contributed by atoms with Gasteiger partial charge in [0.15, 0.2) is 0 Å². The number of aryl methyl sites for hydroxylation is 1. The van der Waals surface area contributed by atoms with Gasteiger partial charge >= 0.3 is 12.2 Å². The highest BCUT2D eigenvalue weighted by Gasteiger charge is 2.32. The summed E-state index contributed by atoms with van der Waals surface area (Å²) in [4.78, 5) is 18.5. The smallest absolute Gasteiger partial charge is 0.352 e. The molecule has 12 heteroatoms. The molecule has 0 fully saturated rings. The average Bonchev–Trinajstić information content (AvgIpc) is 2.58. The predicted molar refractivity (Wildman–Crippen MR) is 90.4 cm³/mol. The topological polar surface area (TPSA) is 113 Å². The highest BCUT2D eigenvalue weighted by Crippen LogP contribution is 2.27. The number of anilines is 1. The van der Waals surface area contributed by atoms with E-state index in [1.807, 2.05) is 4.72 Å². The average molecular weight is 403 g/mol. The van der Waals surface area contributed by atoms with Crippen molar-refractivity contribution in [2.75, 3.05) is 18.4 Å². The molecule has 27 heavy (non-hydrogen) atoms. The summed E-state index contributed by atoms with van der Waals surface area (Å²) in [7, 11) is -4.02. The Labute approximate surface area is 153 Å². The number of halogens is 3. The fourth-order valence-corrected chi connectivity index (χ4v) is 2.82. The SMILES string of the molecule is Cc1ccc(S(=O)(=O)NC(=O)NCCNc2nccc(C(F)(F)F)n2)cc1. The van der Waals surface area contributed by atoms with Crippen molar-refractivity contribution in [3.8, 4) is 0 Å². The Morgan fingerprint density at radius 1 is 1.11 bits per heavy atom. The van der Waals surface area contributed by atoms with E-state index < -0.39 is 27.9 Å². The molecule has 0 aliphatic heterocycles. The van der Waals surface area contributed by atoms with E-state index in [1.165, 1.54) is 12.1 Å². The van der Waals surface area contributed by atoms with Gasteiger partial charge in [0.25, 0.3) is 10.0 Å². The molecule has 8 nitrogen and oxygen atoms in total. The number of amides is 2. The molecule has 0 aliphatic rings. The Kier molecular flexibility index (Phi) is 6.20. The van der Waals surface area contributed by atoms with Gasteiger partial charge in [0.2, 0.25) is 5.95 Å². The molecule has 0 radical (unpaired) electrons. The van der Waals surface area contributed by atoms with Crippen molar-refractivity contribution in [1.82, 2.24) is 20.0 Å². The van der Waals surface area contributed by atoms with Gasteiger partial charge in [0.05, 0.1) is 4.90 Å². The fraction of sp³-hybridized carbons (Fsp3) is 0.267. The van der Waals surface area contributed by atoms with Crippen LogP contribution in [0.3, 0.4) is 0 Å². The number of benzene rings is 1. The molecule has 0 aliphatic carbocycles. The Morgan fingerprint density at radius 3 is 2.41 bits per heavy atom. The Balaban J connectivity index is 1.82. The number of alkyl halides is 3. The van der Waals surface area contributed by atoms with Gasteiger partial charge in [0, 0.05) is 19.3 Å². The molecule has 0 saturated carbocycles. The molecule has 1 aromatic heterocycles. The van der Waals surface area contributed by atoms with Crippen LogP contribution in [0.2, 0.25) is 0 Å². The van der Waals surface area contributed by atoms with E-state index in [1.54, 1.807) is 19.1 Å².